The number of carbonyl (C=O) groups excluding carboxylic acids is 1. The average molecular weight is 436 g/mol. The third-order valence-corrected chi connectivity index (χ3v) is 5.57. The molecular formula is C22H29IO. The first kappa shape index (κ1) is 19.4. The predicted octanol–water partition coefficient (Wildman–Crippen LogP) is 7.01. The molecule has 0 aliphatic heterocycles. The van der Waals surface area contributed by atoms with Gasteiger partial charge in [0.05, 0.1) is 0 Å². The first-order valence-corrected chi connectivity index (χ1v) is 10.0. The standard InChI is InChI=1S/C22H29IO/c1-16(10-13-20-17(2)7-6-14-22(20,3)4)19-9-5-8-18(11-12-19)15-21(23)24/h10-13,15H,5-9,14H2,1-4H3/b13-10+,18-15+,19-16-. The zero-order valence-corrected chi connectivity index (χ0v) is 17.6. The zero-order valence-electron chi connectivity index (χ0n) is 15.4. The number of halogens is 1. The Morgan fingerprint density at radius 1 is 1.17 bits per heavy atom. The Morgan fingerprint density at radius 2 is 1.92 bits per heavy atom. The lowest BCUT2D eigenvalue weighted by molar-refractivity contribution is -0.105. The molecular weight excluding hydrogens is 407 g/mol. The highest BCUT2D eigenvalue weighted by molar-refractivity contribution is 14.1. The second-order valence-corrected chi connectivity index (χ2v) is 8.75. The molecule has 0 aromatic carbocycles. The number of carbonyl (C=O) groups is 1. The Hall–Kier alpha value is -0.900. The van der Waals surface area contributed by atoms with Crippen molar-refractivity contribution >= 4 is 26.4 Å². The zero-order chi connectivity index (χ0) is 17.7. The second-order valence-electron chi connectivity index (χ2n) is 7.68. The number of rotatable bonds is 3. The van der Waals surface area contributed by atoms with Gasteiger partial charge in [-0.15, -0.1) is 0 Å². The fourth-order valence-corrected chi connectivity index (χ4v) is 4.18. The van der Waals surface area contributed by atoms with Gasteiger partial charge in [0, 0.05) is 22.6 Å². The summed E-state index contributed by atoms with van der Waals surface area (Å²) in [6.45, 7) is 9.22. The molecule has 0 radical (unpaired) electrons. The van der Waals surface area contributed by atoms with Gasteiger partial charge in [-0.1, -0.05) is 43.7 Å². The van der Waals surface area contributed by atoms with E-state index in [0.717, 1.165) is 24.8 Å². The van der Waals surface area contributed by atoms with Crippen molar-refractivity contribution in [1.82, 2.24) is 0 Å². The Balaban J connectivity index is 2.23. The lowest BCUT2D eigenvalue weighted by atomic mass is 9.72. The molecule has 0 heterocycles. The average Bonchev–Trinajstić information content (AvgIpc) is 2.71. The maximum atomic E-state index is 11.3. The summed E-state index contributed by atoms with van der Waals surface area (Å²) in [4.78, 5) is 11.3. The molecule has 0 atom stereocenters. The smallest absolute Gasteiger partial charge is 0.215 e. The van der Waals surface area contributed by atoms with Crippen molar-refractivity contribution in [2.45, 2.75) is 66.2 Å². The third-order valence-electron chi connectivity index (χ3n) is 5.26. The van der Waals surface area contributed by atoms with E-state index in [2.05, 4.69) is 52.0 Å². The molecule has 0 amide bonds. The maximum Gasteiger partial charge on any atom is 0.215 e. The van der Waals surface area contributed by atoms with Gasteiger partial charge in [0.1, 0.15) is 0 Å². The molecule has 0 saturated heterocycles. The highest BCUT2D eigenvalue weighted by atomic mass is 127. The van der Waals surface area contributed by atoms with Gasteiger partial charge in [0.15, 0.2) is 0 Å². The highest BCUT2D eigenvalue weighted by Crippen LogP contribution is 2.41. The van der Waals surface area contributed by atoms with Crippen LogP contribution in [-0.4, -0.2) is 3.79 Å². The summed E-state index contributed by atoms with van der Waals surface area (Å²) in [7, 11) is 0. The van der Waals surface area contributed by atoms with Gasteiger partial charge in [-0.25, -0.2) is 0 Å². The SMILES string of the molecule is CC1=C(/C=C/C(C)=C2C=C/C(=C/C(=O)I)CCC\2)C(C)(C)CCC1. The van der Waals surface area contributed by atoms with Gasteiger partial charge >= 0.3 is 0 Å². The molecule has 0 bridgehead atoms. The first-order valence-electron chi connectivity index (χ1n) is 8.96. The molecule has 24 heavy (non-hydrogen) atoms. The predicted molar refractivity (Wildman–Crippen MR) is 112 cm³/mol. The van der Waals surface area contributed by atoms with Crippen molar-refractivity contribution in [3.05, 3.63) is 58.2 Å². The van der Waals surface area contributed by atoms with Crippen LogP contribution in [0.3, 0.4) is 0 Å². The highest BCUT2D eigenvalue weighted by Gasteiger charge is 2.26. The molecule has 0 aromatic heterocycles. The van der Waals surface area contributed by atoms with Crippen molar-refractivity contribution in [2.24, 2.45) is 5.41 Å². The molecule has 0 spiro atoms. The van der Waals surface area contributed by atoms with Gasteiger partial charge in [-0.05, 0) is 86.2 Å². The summed E-state index contributed by atoms with van der Waals surface area (Å²) >= 11 is 1.84. The summed E-state index contributed by atoms with van der Waals surface area (Å²) in [6.07, 6.45) is 17.7. The fraction of sp³-hybridized carbons (Fsp3) is 0.500. The van der Waals surface area contributed by atoms with Gasteiger partial charge in [-0.3, -0.25) is 4.79 Å². The van der Waals surface area contributed by atoms with Crippen molar-refractivity contribution in [2.75, 3.05) is 0 Å². The van der Waals surface area contributed by atoms with E-state index >= 15 is 0 Å². The van der Waals surface area contributed by atoms with Crippen LogP contribution in [0.25, 0.3) is 0 Å². The lowest BCUT2D eigenvalue weighted by Gasteiger charge is -2.33. The van der Waals surface area contributed by atoms with Crippen LogP contribution in [0.1, 0.15) is 66.2 Å². The maximum absolute atomic E-state index is 11.3. The van der Waals surface area contributed by atoms with Gasteiger partial charge in [0.2, 0.25) is 3.79 Å². The van der Waals surface area contributed by atoms with E-state index < -0.39 is 0 Å². The van der Waals surface area contributed by atoms with Crippen LogP contribution in [0.5, 0.6) is 0 Å². The summed E-state index contributed by atoms with van der Waals surface area (Å²) < 4.78 is 0.109. The summed E-state index contributed by atoms with van der Waals surface area (Å²) in [5.41, 5.74) is 7.23. The summed E-state index contributed by atoms with van der Waals surface area (Å²) in [5, 5.41) is 0. The van der Waals surface area contributed by atoms with E-state index in [9.17, 15) is 4.79 Å². The van der Waals surface area contributed by atoms with Gasteiger partial charge < -0.3 is 0 Å². The van der Waals surface area contributed by atoms with Crippen molar-refractivity contribution in [3.8, 4) is 0 Å². The fourth-order valence-electron chi connectivity index (χ4n) is 3.78. The molecule has 0 fully saturated rings. The summed E-state index contributed by atoms with van der Waals surface area (Å²) in [5.74, 6) is 0. The molecule has 2 aliphatic rings. The minimum Gasteiger partial charge on any atom is -0.283 e. The minimum atomic E-state index is 0.109. The van der Waals surface area contributed by atoms with Crippen LogP contribution in [0.4, 0.5) is 0 Å². The number of hydrogen-bond acceptors (Lipinski definition) is 1. The number of hydrogen-bond donors (Lipinski definition) is 0. The molecule has 130 valence electrons. The van der Waals surface area contributed by atoms with Gasteiger partial charge in [0.25, 0.3) is 0 Å². The molecule has 0 unspecified atom stereocenters. The first-order chi connectivity index (χ1) is 11.3. The monoisotopic (exact) mass is 436 g/mol. The van der Waals surface area contributed by atoms with E-state index in [1.807, 2.05) is 22.6 Å². The van der Waals surface area contributed by atoms with Crippen LogP contribution >= 0.6 is 22.6 Å². The number of allylic oxidation sites excluding steroid dienone is 10. The van der Waals surface area contributed by atoms with Crippen molar-refractivity contribution in [1.29, 1.82) is 0 Å². The topological polar surface area (TPSA) is 17.1 Å². The molecule has 2 aliphatic carbocycles. The van der Waals surface area contributed by atoms with E-state index in [-0.39, 0.29) is 3.79 Å². The molecule has 1 nitrogen and oxygen atoms in total. The van der Waals surface area contributed by atoms with E-state index in [4.69, 9.17) is 0 Å². The van der Waals surface area contributed by atoms with Crippen molar-refractivity contribution < 1.29 is 4.79 Å². The van der Waals surface area contributed by atoms with E-state index in [0.29, 0.717) is 5.41 Å². The normalized spacial score (nSPS) is 25.3. The minimum absolute atomic E-state index is 0.109. The van der Waals surface area contributed by atoms with Gasteiger partial charge in [-0.2, -0.15) is 0 Å². The quantitative estimate of drug-likeness (QED) is 0.264. The van der Waals surface area contributed by atoms with Crippen LogP contribution in [0.15, 0.2) is 58.2 Å². The second kappa shape index (κ2) is 8.46. The van der Waals surface area contributed by atoms with E-state index in [1.54, 1.807) is 11.6 Å². The van der Waals surface area contributed by atoms with Crippen molar-refractivity contribution in [3.63, 3.8) is 0 Å². The van der Waals surface area contributed by atoms with Crippen LogP contribution in [-0.2, 0) is 4.79 Å². The molecule has 0 saturated carbocycles. The van der Waals surface area contributed by atoms with Crippen LogP contribution < -0.4 is 0 Å². The van der Waals surface area contributed by atoms with E-state index in [1.165, 1.54) is 36.0 Å². The largest absolute Gasteiger partial charge is 0.283 e. The molecule has 2 heteroatoms. The Labute approximate surface area is 160 Å². The molecule has 0 aromatic rings. The van der Waals surface area contributed by atoms with Crippen LogP contribution in [0.2, 0.25) is 0 Å². The molecule has 0 N–H and O–H groups in total. The van der Waals surface area contributed by atoms with Crippen LogP contribution in [0, 0.1) is 5.41 Å². The Kier molecular flexibility index (Phi) is 6.85. The summed E-state index contributed by atoms with van der Waals surface area (Å²) in [6, 6.07) is 0. The third kappa shape index (κ3) is 5.30. The Bertz CT molecular complexity index is 653. The lowest BCUT2D eigenvalue weighted by Crippen LogP contribution is -2.19. The molecule has 2 rings (SSSR count). The Morgan fingerprint density at radius 3 is 2.58 bits per heavy atom.